The zero-order chi connectivity index (χ0) is 12.0. The molecule has 0 saturated carbocycles. The Labute approximate surface area is 99.5 Å². The molecule has 0 radical (unpaired) electrons. The molecule has 1 saturated heterocycles. The van der Waals surface area contributed by atoms with Gasteiger partial charge in [0.05, 0.1) is 5.75 Å². The van der Waals surface area contributed by atoms with Crippen LogP contribution in [0.1, 0.15) is 39.5 Å². The predicted molar refractivity (Wildman–Crippen MR) is 67.0 cm³/mol. The van der Waals surface area contributed by atoms with E-state index < -0.39 is 10.0 Å². The Bertz CT molecular complexity index is 284. The van der Waals surface area contributed by atoms with Gasteiger partial charge in [-0.1, -0.05) is 13.8 Å². The molecular weight excluding hydrogens is 224 g/mol. The molecule has 1 fully saturated rings. The minimum Gasteiger partial charge on any atom is -0.315 e. The summed E-state index contributed by atoms with van der Waals surface area (Å²) in [4.78, 5) is 0. The molecule has 0 aromatic heterocycles. The van der Waals surface area contributed by atoms with Gasteiger partial charge in [-0.05, 0) is 32.2 Å². The summed E-state index contributed by atoms with van der Waals surface area (Å²) in [7, 11) is -3.04. The first-order valence-corrected chi connectivity index (χ1v) is 7.93. The molecule has 1 unspecified atom stereocenters. The first-order chi connectivity index (χ1) is 7.61. The van der Waals surface area contributed by atoms with Gasteiger partial charge in [-0.2, -0.15) is 4.31 Å². The van der Waals surface area contributed by atoms with Gasteiger partial charge in [-0.15, -0.1) is 0 Å². The zero-order valence-corrected chi connectivity index (χ0v) is 11.2. The van der Waals surface area contributed by atoms with Gasteiger partial charge in [0.25, 0.3) is 0 Å². The molecule has 1 rings (SSSR count). The molecule has 4 nitrogen and oxygen atoms in total. The topological polar surface area (TPSA) is 49.4 Å². The van der Waals surface area contributed by atoms with Gasteiger partial charge < -0.3 is 5.32 Å². The summed E-state index contributed by atoms with van der Waals surface area (Å²) in [5.74, 6) is 0.281. The second-order valence-electron chi connectivity index (χ2n) is 4.43. The lowest BCUT2D eigenvalue weighted by atomic mass is 10.1. The van der Waals surface area contributed by atoms with E-state index in [2.05, 4.69) is 5.32 Å². The molecule has 16 heavy (non-hydrogen) atoms. The van der Waals surface area contributed by atoms with Crippen molar-refractivity contribution in [3.8, 4) is 0 Å². The molecule has 0 bridgehead atoms. The highest BCUT2D eigenvalue weighted by molar-refractivity contribution is 7.89. The van der Waals surface area contributed by atoms with Crippen LogP contribution < -0.4 is 5.32 Å². The van der Waals surface area contributed by atoms with E-state index in [0.29, 0.717) is 13.0 Å². The number of rotatable bonds is 6. The molecule has 1 aliphatic rings. The summed E-state index contributed by atoms with van der Waals surface area (Å²) in [6.07, 6.45) is 3.66. The Morgan fingerprint density at radius 3 is 2.56 bits per heavy atom. The van der Waals surface area contributed by atoms with Crippen LogP contribution in [0.25, 0.3) is 0 Å². The fourth-order valence-corrected chi connectivity index (χ4v) is 4.07. The van der Waals surface area contributed by atoms with Crippen molar-refractivity contribution >= 4 is 10.0 Å². The van der Waals surface area contributed by atoms with E-state index in [1.165, 1.54) is 0 Å². The van der Waals surface area contributed by atoms with Crippen LogP contribution in [0, 0.1) is 0 Å². The van der Waals surface area contributed by atoms with Crippen molar-refractivity contribution in [2.45, 2.75) is 45.6 Å². The van der Waals surface area contributed by atoms with E-state index >= 15 is 0 Å². The Morgan fingerprint density at radius 2 is 2.06 bits per heavy atom. The maximum absolute atomic E-state index is 12.1. The third-order valence-electron chi connectivity index (χ3n) is 2.94. The smallest absolute Gasteiger partial charge is 0.214 e. The van der Waals surface area contributed by atoms with Crippen LogP contribution in [0.3, 0.4) is 0 Å². The molecular formula is C11H24N2O2S. The van der Waals surface area contributed by atoms with Crippen LogP contribution in [0.5, 0.6) is 0 Å². The first kappa shape index (κ1) is 13.9. The van der Waals surface area contributed by atoms with Crippen LogP contribution >= 0.6 is 0 Å². The fraction of sp³-hybridized carbons (Fsp3) is 1.00. The van der Waals surface area contributed by atoms with E-state index in [1.54, 1.807) is 4.31 Å². The second-order valence-corrected chi connectivity index (χ2v) is 6.47. The van der Waals surface area contributed by atoms with Crippen LogP contribution in [0.4, 0.5) is 0 Å². The predicted octanol–water partition coefficient (Wildman–Crippen LogP) is 1.19. The lowest BCUT2D eigenvalue weighted by molar-refractivity contribution is 0.266. The molecule has 0 aromatic carbocycles. The number of nitrogens with one attached hydrogen (secondary N) is 1. The zero-order valence-electron chi connectivity index (χ0n) is 10.4. The Morgan fingerprint density at radius 1 is 1.31 bits per heavy atom. The van der Waals surface area contributed by atoms with Gasteiger partial charge in [0.1, 0.15) is 0 Å². The van der Waals surface area contributed by atoms with Crippen molar-refractivity contribution < 1.29 is 8.42 Å². The summed E-state index contributed by atoms with van der Waals surface area (Å²) >= 11 is 0. The number of hydrogen-bond acceptors (Lipinski definition) is 3. The molecule has 0 aliphatic carbocycles. The average molecular weight is 248 g/mol. The molecule has 0 spiro atoms. The lowest BCUT2D eigenvalue weighted by Gasteiger charge is -2.33. The molecule has 0 aromatic rings. The molecule has 96 valence electrons. The van der Waals surface area contributed by atoms with Gasteiger partial charge in [-0.25, -0.2) is 8.42 Å². The van der Waals surface area contributed by atoms with Gasteiger partial charge in [0.2, 0.25) is 10.0 Å². The number of hydrogen-bond donors (Lipinski definition) is 1. The number of nitrogens with zero attached hydrogens (tertiary/aromatic N) is 1. The maximum atomic E-state index is 12.1. The summed E-state index contributed by atoms with van der Waals surface area (Å²) in [5.41, 5.74) is 0. The van der Waals surface area contributed by atoms with Crippen molar-refractivity contribution in [1.29, 1.82) is 0 Å². The summed E-state index contributed by atoms with van der Waals surface area (Å²) in [6, 6.07) is 0.172. The quantitative estimate of drug-likeness (QED) is 0.768. The van der Waals surface area contributed by atoms with Crippen molar-refractivity contribution in [3.05, 3.63) is 0 Å². The van der Waals surface area contributed by atoms with E-state index in [1.807, 2.05) is 13.8 Å². The Hall–Kier alpha value is -0.130. The van der Waals surface area contributed by atoms with Crippen LogP contribution in [0.15, 0.2) is 0 Å². The monoisotopic (exact) mass is 248 g/mol. The maximum Gasteiger partial charge on any atom is 0.214 e. The molecule has 1 heterocycles. The van der Waals surface area contributed by atoms with Crippen LogP contribution in [-0.2, 0) is 10.0 Å². The van der Waals surface area contributed by atoms with Crippen molar-refractivity contribution in [1.82, 2.24) is 9.62 Å². The number of sulfonamides is 1. The molecule has 1 atom stereocenters. The van der Waals surface area contributed by atoms with Crippen molar-refractivity contribution in [3.63, 3.8) is 0 Å². The van der Waals surface area contributed by atoms with Gasteiger partial charge in [0.15, 0.2) is 0 Å². The summed E-state index contributed by atoms with van der Waals surface area (Å²) < 4.78 is 26.0. The third kappa shape index (κ3) is 3.71. The Balaban J connectivity index is 2.72. The van der Waals surface area contributed by atoms with E-state index in [-0.39, 0.29) is 11.8 Å². The highest BCUT2D eigenvalue weighted by Gasteiger charge is 2.29. The van der Waals surface area contributed by atoms with Crippen molar-refractivity contribution in [2.75, 3.05) is 25.4 Å². The van der Waals surface area contributed by atoms with E-state index in [9.17, 15) is 8.42 Å². The SMILES string of the molecule is CCCN(C1CCCNC1)S(=O)(=O)CCC. The van der Waals surface area contributed by atoms with Gasteiger partial charge in [-0.3, -0.25) is 0 Å². The minimum atomic E-state index is -3.04. The average Bonchev–Trinajstić information content (AvgIpc) is 2.27. The largest absolute Gasteiger partial charge is 0.315 e. The second kappa shape index (κ2) is 6.57. The summed E-state index contributed by atoms with van der Waals surface area (Å²) in [6.45, 7) is 6.44. The van der Waals surface area contributed by atoms with E-state index in [4.69, 9.17) is 0 Å². The standard InChI is InChI=1S/C11H24N2O2S/c1-3-8-13(16(14,15)9-4-2)11-6-5-7-12-10-11/h11-12H,3-10H2,1-2H3. The molecule has 0 amide bonds. The Kier molecular flexibility index (Phi) is 5.72. The lowest BCUT2D eigenvalue weighted by Crippen LogP contribution is -2.49. The third-order valence-corrected chi connectivity index (χ3v) is 5.06. The normalized spacial score (nSPS) is 22.6. The van der Waals surface area contributed by atoms with E-state index in [0.717, 1.165) is 32.4 Å². The highest BCUT2D eigenvalue weighted by Crippen LogP contribution is 2.16. The first-order valence-electron chi connectivity index (χ1n) is 6.32. The number of piperidine rings is 1. The highest BCUT2D eigenvalue weighted by atomic mass is 32.2. The molecule has 5 heteroatoms. The van der Waals surface area contributed by atoms with Crippen LogP contribution in [0.2, 0.25) is 0 Å². The van der Waals surface area contributed by atoms with Crippen LogP contribution in [-0.4, -0.2) is 44.2 Å². The minimum absolute atomic E-state index is 0.172. The molecule has 1 N–H and O–H groups in total. The fourth-order valence-electron chi connectivity index (χ4n) is 2.22. The van der Waals surface area contributed by atoms with Crippen molar-refractivity contribution in [2.24, 2.45) is 0 Å². The van der Waals surface area contributed by atoms with Gasteiger partial charge >= 0.3 is 0 Å². The van der Waals surface area contributed by atoms with Gasteiger partial charge in [0, 0.05) is 19.1 Å². The molecule has 1 aliphatic heterocycles. The summed E-state index contributed by atoms with van der Waals surface area (Å²) in [5, 5.41) is 3.28.